The Bertz CT molecular complexity index is 721. The van der Waals surface area contributed by atoms with Crippen LogP contribution in [0.1, 0.15) is 56.5 Å². The largest absolute Gasteiger partial charge is 0.376 e. The van der Waals surface area contributed by atoms with Crippen LogP contribution >= 0.6 is 11.8 Å². The molecule has 0 saturated carbocycles. The highest BCUT2D eigenvalue weighted by Crippen LogP contribution is 2.35. The lowest BCUT2D eigenvalue weighted by atomic mass is 10.2. The van der Waals surface area contributed by atoms with Gasteiger partial charge in [0.2, 0.25) is 11.8 Å². The Morgan fingerprint density at radius 3 is 2.77 bits per heavy atom. The van der Waals surface area contributed by atoms with Crippen LogP contribution in [0, 0.1) is 0 Å². The van der Waals surface area contributed by atoms with Crippen LogP contribution in [-0.4, -0.2) is 50.7 Å². The Kier molecular flexibility index (Phi) is 5.44. The summed E-state index contributed by atoms with van der Waals surface area (Å²) in [6.45, 7) is 7.84. The molecule has 0 spiro atoms. The topological polar surface area (TPSA) is 82.1 Å². The van der Waals surface area contributed by atoms with Gasteiger partial charge in [-0.15, -0.1) is 10.2 Å². The Balaban J connectivity index is 1.55. The van der Waals surface area contributed by atoms with Gasteiger partial charge in [-0.1, -0.05) is 23.8 Å². The average molecular weight is 379 g/mol. The van der Waals surface area contributed by atoms with Crippen molar-refractivity contribution < 1.29 is 9.26 Å². The van der Waals surface area contributed by atoms with E-state index in [0.717, 1.165) is 62.4 Å². The fourth-order valence-electron chi connectivity index (χ4n) is 3.46. The molecular weight excluding hydrogens is 352 g/mol. The van der Waals surface area contributed by atoms with Crippen molar-refractivity contribution in [2.45, 2.75) is 69.0 Å². The van der Waals surface area contributed by atoms with Crippen molar-refractivity contribution in [3.8, 4) is 0 Å². The number of nitrogens with zero attached hydrogens (tertiary/aromatic N) is 6. The van der Waals surface area contributed by atoms with E-state index in [9.17, 15) is 0 Å². The van der Waals surface area contributed by atoms with Crippen LogP contribution in [0.3, 0.4) is 0 Å². The Hall–Kier alpha value is -1.61. The van der Waals surface area contributed by atoms with E-state index in [1.54, 1.807) is 11.8 Å². The van der Waals surface area contributed by atoms with Crippen molar-refractivity contribution in [3.63, 3.8) is 0 Å². The summed E-state index contributed by atoms with van der Waals surface area (Å²) in [6.07, 6.45) is 5.68. The first kappa shape index (κ1) is 17.8. The van der Waals surface area contributed by atoms with E-state index < -0.39 is 0 Å². The van der Waals surface area contributed by atoms with Crippen molar-refractivity contribution in [2.75, 3.05) is 24.6 Å². The minimum atomic E-state index is 0.0293. The van der Waals surface area contributed by atoms with E-state index in [1.807, 2.05) is 6.92 Å². The van der Waals surface area contributed by atoms with Gasteiger partial charge >= 0.3 is 0 Å². The lowest BCUT2D eigenvalue weighted by Gasteiger charge is -2.20. The second kappa shape index (κ2) is 7.96. The Labute approximate surface area is 157 Å². The maximum absolute atomic E-state index is 5.86. The number of ether oxygens (including phenoxy) is 1. The summed E-state index contributed by atoms with van der Waals surface area (Å²) >= 11 is 1.62. The second-order valence-corrected chi connectivity index (χ2v) is 8.19. The Morgan fingerprint density at radius 2 is 2.08 bits per heavy atom. The number of hydrogen-bond acceptors (Lipinski definition) is 8. The third-order valence-electron chi connectivity index (χ3n) is 4.93. The van der Waals surface area contributed by atoms with Gasteiger partial charge in [0, 0.05) is 26.1 Å². The van der Waals surface area contributed by atoms with Crippen molar-refractivity contribution in [2.24, 2.45) is 0 Å². The molecular formula is C17H26N6O2S. The van der Waals surface area contributed by atoms with Crippen molar-refractivity contribution in [1.29, 1.82) is 0 Å². The molecule has 0 aromatic carbocycles. The minimum absolute atomic E-state index is 0.0293. The molecule has 2 aromatic heterocycles. The van der Waals surface area contributed by atoms with Crippen molar-refractivity contribution >= 4 is 17.7 Å². The van der Waals surface area contributed by atoms with Gasteiger partial charge in [-0.3, -0.25) is 4.57 Å². The predicted octanol–water partition coefficient (Wildman–Crippen LogP) is 2.86. The van der Waals surface area contributed by atoms with E-state index in [2.05, 4.69) is 36.7 Å². The molecule has 2 aromatic rings. The third-order valence-corrected chi connectivity index (χ3v) is 5.99. The molecule has 0 radical (unpaired) electrons. The van der Waals surface area contributed by atoms with Gasteiger partial charge in [-0.25, -0.2) is 0 Å². The van der Waals surface area contributed by atoms with E-state index in [1.165, 1.54) is 12.8 Å². The minimum Gasteiger partial charge on any atom is -0.376 e. The molecule has 4 heterocycles. The molecule has 2 aliphatic heterocycles. The summed E-state index contributed by atoms with van der Waals surface area (Å²) in [6, 6.07) is 0. The smallest absolute Gasteiger partial charge is 0.239 e. The summed E-state index contributed by atoms with van der Waals surface area (Å²) < 4.78 is 13.5. The first-order valence-corrected chi connectivity index (χ1v) is 10.4. The molecule has 2 aliphatic rings. The summed E-state index contributed by atoms with van der Waals surface area (Å²) in [5.74, 6) is 2.35. The van der Waals surface area contributed by atoms with Crippen LogP contribution in [0.4, 0.5) is 5.95 Å². The lowest BCUT2D eigenvalue weighted by Crippen LogP contribution is -2.25. The molecule has 2 unspecified atom stereocenters. The molecule has 142 valence electrons. The van der Waals surface area contributed by atoms with Crippen LogP contribution in [0.25, 0.3) is 0 Å². The highest BCUT2D eigenvalue weighted by atomic mass is 32.2. The van der Waals surface area contributed by atoms with Gasteiger partial charge in [0.1, 0.15) is 0 Å². The molecule has 2 saturated heterocycles. The molecule has 0 amide bonds. The van der Waals surface area contributed by atoms with Crippen LogP contribution < -0.4 is 4.90 Å². The molecule has 8 nitrogen and oxygen atoms in total. The molecule has 2 atom stereocenters. The van der Waals surface area contributed by atoms with Crippen LogP contribution in [0.5, 0.6) is 0 Å². The SMILES string of the molecule is CCc1noc(C(C)Sc2nnc(N3CCCC3)n2CC2CCCO2)n1. The van der Waals surface area contributed by atoms with Crippen LogP contribution in [0.2, 0.25) is 0 Å². The second-order valence-electron chi connectivity index (χ2n) is 6.88. The Morgan fingerprint density at radius 1 is 1.23 bits per heavy atom. The molecule has 0 aliphatic carbocycles. The molecule has 4 rings (SSSR count). The number of aryl methyl sites for hydroxylation is 1. The summed E-state index contributed by atoms with van der Waals surface area (Å²) in [7, 11) is 0. The van der Waals surface area contributed by atoms with E-state index in [0.29, 0.717) is 5.89 Å². The molecule has 26 heavy (non-hydrogen) atoms. The molecule has 0 bridgehead atoms. The zero-order valence-electron chi connectivity index (χ0n) is 15.4. The fraction of sp³-hybridized carbons (Fsp3) is 0.765. The van der Waals surface area contributed by atoms with Crippen LogP contribution in [0.15, 0.2) is 9.68 Å². The summed E-state index contributed by atoms with van der Waals surface area (Å²) in [5, 5.41) is 13.9. The number of rotatable bonds is 7. The van der Waals surface area contributed by atoms with Gasteiger partial charge < -0.3 is 14.2 Å². The quantitative estimate of drug-likeness (QED) is 0.680. The fourth-order valence-corrected chi connectivity index (χ4v) is 4.34. The van der Waals surface area contributed by atoms with E-state index in [4.69, 9.17) is 9.26 Å². The van der Waals surface area contributed by atoms with Crippen LogP contribution in [-0.2, 0) is 17.7 Å². The summed E-state index contributed by atoms with van der Waals surface area (Å²) in [5.41, 5.74) is 0. The van der Waals surface area contributed by atoms with E-state index in [-0.39, 0.29) is 11.4 Å². The average Bonchev–Trinajstić information content (AvgIpc) is 3.44. The molecule has 2 fully saturated rings. The lowest BCUT2D eigenvalue weighted by molar-refractivity contribution is 0.0952. The predicted molar refractivity (Wildman–Crippen MR) is 98.4 cm³/mol. The molecule has 0 N–H and O–H groups in total. The maximum atomic E-state index is 5.86. The normalized spacial score (nSPS) is 21.6. The van der Waals surface area contributed by atoms with E-state index >= 15 is 0 Å². The van der Waals surface area contributed by atoms with Gasteiger partial charge in [0.15, 0.2) is 11.0 Å². The zero-order valence-corrected chi connectivity index (χ0v) is 16.2. The third kappa shape index (κ3) is 3.73. The molecule has 9 heteroatoms. The highest BCUT2D eigenvalue weighted by Gasteiger charge is 2.27. The summed E-state index contributed by atoms with van der Waals surface area (Å²) in [4.78, 5) is 6.78. The zero-order chi connectivity index (χ0) is 17.9. The van der Waals surface area contributed by atoms with Gasteiger partial charge in [-0.05, 0) is 32.6 Å². The number of anilines is 1. The first-order chi connectivity index (χ1) is 12.7. The number of aromatic nitrogens is 5. The van der Waals surface area contributed by atoms with Gasteiger partial charge in [0.05, 0.1) is 17.9 Å². The first-order valence-electron chi connectivity index (χ1n) is 9.53. The standard InChI is InChI=1S/C17H26N6O2S/c1-3-14-18-15(25-21-14)12(2)26-17-20-19-16(22-8-4-5-9-22)23(17)11-13-7-6-10-24-13/h12-13H,3-11H2,1-2H3. The van der Waals surface area contributed by atoms with Crippen molar-refractivity contribution in [3.05, 3.63) is 11.7 Å². The maximum Gasteiger partial charge on any atom is 0.239 e. The number of hydrogen-bond donors (Lipinski definition) is 0. The highest BCUT2D eigenvalue weighted by molar-refractivity contribution is 7.99. The van der Waals surface area contributed by atoms with Gasteiger partial charge in [0.25, 0.3) is 0 Å². The van der Waals surface area contributed by atoms with Gasteiger partial charge in [-0.2, -0.15) is 4.98 Å². The van der Waals surface area contributed by atoms with Crippen molar-refractivity contribution in [1.82, 2.24) is 24.9 Å². The monoisotopic (exact) mass is 378 g/mol. The number of thioether (sulfide) groups is 1.